The Morgan fingerprint density at radius 2 is 0.569 bits per heavy atom. The number of fused-ring (bicyclic) bond motifs is 8. The number of aromatic nitrogens is 4. The van der Waals surface area contributed by atoms with Crippen molar-refractivity contribution in [2.24, 2.45) is 0 Å². The molecule has 0 spiro atoms. The fraction of sp³-hybridized carbons (Fsp3) is 0.0200. The summed E-state index contributed by atoms with van der Waals surface area (Å²) >= 11 is 13.3. The summed E-state index contributed by atoms with van der Waals surface area (Å²) in [6.45, 7) is 0. The van der Waals surface area contributed by atoms with Gasteiger partial charge in [-0.1, -0.05) is 327 Å². The Kier molecular flexibility index (Phi) is 20.4. The highest BCUT2D eigenvalue weighted by Gasteiger charge is 2.34. The summed E-state index contributed by atoms with van der Waals surface area (Å²) in [5, 5.41) is 21.4. The fourth-order valence-corrected chi connectivity index (χ4v) is 24.9. The number of hydrogen-bond donors (Lipinski definition) is 0. The van der Waals surface area contributed by atoms with Crippen LogP contribution < -0.4 is 40.9 Å². The van der Waals surface area contributed by atoms with Gasteiger partial charge in [0.1, 0.15) is 11.5 Å². The van der Waals surface area contributed by atoms with E-state index in [4.69, 9.17) is 41.7 Å². The molecule has 4 aromatic heterocycles. The molecule has 0 bridgehead atoms. The van der Waals surface area contributed by atoms with Gasteiger partial charge >= 0.3 is 28.8 Å². The number of ether oxygens (including phenoxy) is 2. The Bertz CT molecular complexity index is 6890. The largest absolute Gasteiger partial charge is 0.465 e. The number of para-hydroxylation sites is 2. The topological polar surface area (TPSA) is 90.8 Å². The molecule has 16 aromatic carbocycles. The molecule has 0 saturated carbocycles. The minimum Gasteiger partial charge on any atom is -0.465 e. The van der Waals surface area contributed by atoms with Crippen LogP contribution in [0.3, 0.4) is 0 Å². The maximum Gasteiger partial charge on any atom is 0.340 e. The second kappa shape index (κ2) is 32.1. The summed E-state index contributed by atoms with van der Waals surface area (Å²) in [6, 6.07) is 127. The van der Waals surface area contributed by atoms with Crippen molar-refractivity contribution in [3.63, 3.8) is 0 Å². The molecule has 0 saturated heterocycles. The molecule has 4 heterocycles. The van der Waals surface area contributed by atoms with E-state index in [0.29, 0.717) is 26.9 Å². The van der Waals surface area contributed by atoms with Gasteiger partial charge in [-0.3, -0.25) is 17.4 Å². The Labute approximate surface area is 684 Å². The maximum atomic E-state index is 13.4. The number of methoxy groups -OCH3 is 2. The quantitative estimate of drug-likeness (QED) is 0.0628. The van der Waals surface area contributed by atoms with E-state index in [2.05, 4.69) is 312 Å². The van der Waals surface area contributed by atoms with Crippen molar-refractivity contribution in [3.8, 4) is 33.8 Å². The van der Waals surface area contributed by atoms with Crippen LogP contribution in [0.4, 0.5) is 0 Å². The lowest BCUT2D eigenvalue weighted by molar-refractivity contribution is 0.0594. The molecule has 0 aliphatic carbocycles. The van der Waals surface area contributed by atoms with Gasteiger partial charge in [-0.25, -0.2) is 9.59 Å². The number of hydrogen-bond acceptors (Lipinski definition) is 6. The molecule has 0 amide bonds. The highest BCUT2D eigenvalue weighted by atomic mass is 35.5. The number of esters is 2. The van der Waals surface area contributed by atoms with Crippen LogP contribution in [-0.4, -0.2) is 43.5 Å². The van der Waals surface area contributed by atoms with Crippen LogP contribution in [0.25, 0.3) is 109 Å². The van der Waals surface area contributed by atoms with Crippen LogP contribution in [0.1, 0.15) is 20.7 Å². The van der Waals surface area contributed by atoms with E-state index >= 15 is 0 Å². The summed E-state index contributed by atoms with van der Waals surface area (Å²) in [5.74, 6) is 0.526. The summed E-state index contributed by atoms with van der Waals surface area (Å²) in [6.07, 6.45) is 7.83. The molecule has 0 unspecified atom stereocenters. The Morgan fingerprint density at radius 1 is 0.276 bits per heavy atom. The molecule has 0 aliphatic rings. The monoisotopic (exact) mass is 1620 g/mol. The lowest BCUT2D eigenvalue weighted by Gasteiger charge is -2.27. The average Bonchev–Trinajstić information content (AvgIpc) is 0.882. The molecule has 20 rings (SSSR count). The smallest absolute Gasteiger partial charge is 0.340 e. The van der Waals surface area contributed by atoms with Crippen LogP contribution in [0.2, 0.25) is 10.0 Å². The molecular formula is C100H70Cl2N4O6P4. The zero-order valence-electron chi connectivity index (χ0n) is 62.7. The number of carbonyl (C=O) groups excluding carboxylic acids is 2. The highest BCUT2D eigenvalue weighted by Crippen LogP contribution is 2.56. The minimum atomic E-state index is -1.94. The number of nitrogens with zero attached hydrogens (tertiary/aromatic N) is 4. The van der Waals surface area contributed by atoms with E-state index in [1.807, 2.05) is 93.9 Å². The van der Waals surface area contributed by atoms with E-state index in [1.54, 1.807) is 0 Å². The Morgan fingerprint density at radius 3 is 0.922 bits per heavy atom. The van der Waals surface area contributed by atoms with E-state index in [1.165, 1.54) is 62.4 Å². The van der Waals surface area contributed by atoms with Gasteiger partial charge < -0.3 is 18.5 Å². The Balaban J connectivity index is 0.000000156. The summed E-state index contributed by atoms with van der Waals surface area (Å²) in [5.41, 5.74) is 8.63. The third-order valence-corrected chi connectivity index (χ3v) is 30.2. The second-order valence-corrected chi connectivity index (χ2v) is 36.2. The molecule has 0 radical (unpaired) electrons. The third kappa shape index (κ3) is 13.7. The lowest BCUT2D eigenvalue weighted by Crippen LogP contribution is -2.22. The predicted octanol–water partition coefficient (Wildman–Crippen LogP) is 24.9. The normalized spacial score (nSPS) is 11.7. The van der Waals surface area contributed by atoms with Crippen LogP contribution in [-0.2, 0) is 9.47 Å². The molecular weight excluding hydrogens is 1550 g/mol. The number of carbonyl (C=O) groups is 2. The van der Waals surface area contributed by atoms with Crippen LogP contribution in [0, 0.1) is 0 Å². The zero-order chi connectivity index (χ0) is 78.3. The molecule has 16 heteroatoms. The van der Waals surface area contributed by atoms with E-state index in [0.717, 1.165) is 98.4 Å². The summed E-state index contributed by atoms with van der Waals surface area (Å²) < 4.78 is 34.3. The predicted molar refractivity (Wildman–Crippen MR) is 488 cm³/mol. The van der Waals surface area contributed by atoms with Crippen molar-refractivity contribution in [1.29, 1.82) is 0 Å². The van der Waals surface area contributed by atoms with Gasteiger partial charge in [0.15, 0.2) is 0 Å². The summed E-state index contributed by atoms with van der Waals surface area (Å²) in [7, 11) is -2.77. The number of halogens is 2. The number of rotatable bonds is 18. The molecule has 0 fully saturated rings. The van der Waals surface area contributed by atoms with Crippen molar-refractivity contribution in [2.45, 2.75) is 0 Å². The van der Waals surface area contributed by atoms with Gasteiger partial charge in [0.05, 0.1) is 47.4 Å². The third-order valence-electron chi connectivity index (χ3n) is 21.2. The lowest BCUT2D eigenvalue weighted by atomic mass is 9.93. The molecule has 116 heavy (non-hydrogen) atoms. The first-order valence-corrected chi connectivity index (χ1v) is 43.7. The van der Waals surface area contributed by atoms with E-state index in [9.17, 15) is 9.59 Å². The van der Waals surface area contributed by atoms with Crippen molar-refractivity contribution in [3.05, 3.63) is 410 Å². The fourth-order valence-electron chi connectivity index (χ4n) is 15.9. The Hall–Kier alpha value is -12.4. The zero-order valence-corrected chi connectivity index (χ0v) is 67.8. The van der Waals surface area contributed by atoms with E-state index < -0.39 is 44.7 Å². The van der Waals surface area contributed by atoms with Crippen LogP contribution in [0.5, 0.6) is 11.5 Å². The van der Waals surface area contributed by atoms with Gasteiger partial charge in [-0.2, -0.15) is 0 Å². The van der Waals surface area contributed by atoms with Crippen molar-refractivity contribution >= 4 is 186 Å². The second-order valence-electron chi connectivity index (χ2n) is 27.9. The molecule has 0 atom stereocenters. The van der Waals surface area contributed by atoms with Crippen molar-refractivity contribution < 1.29 is 28.1 Å². The maximum absolute atomic E-state index is 13.4. The van der Waals surface area contributed by atoms with Gasteiger partial charge in [0, 0.05) is 78.6 Å². The molecule has 20 aromatic rings. The average molecular weight is 1620 g/mol. The first-order chi connectivity index (χ1) is 57.1. The van der Waals surface area contributed by atoms with Crippen LogP contribution >= 0.6 is 55.9 Å². The van der Waals surface area contributed by atoms with E-state index in [-0.39, 0.29) is 0 Å². The van der Waals surface area contributed by atoms with Gasteiger partial charge in [0.25, 0.3) is 0 Å². The standard InChI is InChI=1S/C52H38N2O5P2.C48H32Cl2N2OP2/c1-57-51(55)43-33-53(45-27-15-13-25-41(43)45)61(54-34-44(52(56)58-2)42-26-14-16-28-46(42)54)59-47-31-29-35-17-9-11-23-39(35)49(47)50-40-24-12-10-18-36(40)30-32-48(50)60(37-19-5-3-6-20-37)38-21-7-4-8-22-38;49-37-23-19-35-27-29-51(43(35)31-37)55(52-30-28-36-20-24-38(50)32-44(36)52)53-45-25-21-33-11-7-9-17-41(33)47(45)48-42-18-10-8-12-34(42)22-26-46(48)54(39-13-3-1-4-14-39)40-15-5-2-6-16-40/h3-34H,1-2H3;1-32H. The molecule has 0 aliphatic heterocycles. The first-order valence-electron chi connectivity index (χ1n) is 37.9. The summed E-state index contributed by atoms with van der Waals surface area (Å²) in [4.78, 5) is 26.8. The number of benzene rings is 16. The van der Waals surface area contributed by atoms with Crippen molar-refractivity contribution in [1.82, 2.24) is 17.4 Å². The van der Waals surface area contributed by atoms with Crippen LogP contribution in [0.15, 0.2) is 389 Å². The molecule has 0 N–H and O–H groups in total. The van der Waals surface area contributed by atoms with Gasteiger partial charge in [0.2, 0.25) is 0 Å². The minimum absolute atomic E-state index is 0.408. The highest BCUT2D eigenvalue weighted by molar-refractivity contribution is 7.80. The SMILES string of the molecule is COC(=O)c1cn(P(Oc2ccc3ccccc3c2-c2c(P(c3ccccc3)c3ccccc3)ccc3ccccc23)n2cc(C(=O)OC)c3ccccc32)c2ccccc12.Clc1ccc2ccn(P(Oc3ccc4ccccc4c3-c3c(P(c4ccccc4)c4ccccc4)ccc4ccccc34)n3ccc4ccc(Cl)cc43)c2c1. The van der Waals surface area contributed by atoms with Gasteiger partial charge in [-0.05, 0) is 151 Å². The molecule has 10 nitrogen and oxygen atoms in total. The first kappa shape index (κ1) is 73.7. The molecule has 560 valence electrons. The van der Waals surface area contributed by atoms with Gasteiger partial charge in [-0.15, -0.1) is 0 Å². The van der Waals surface area contributed by atoms with Crippen molar-refractivity contribution in [2.75, 3.05) is 14.2 Å².